The van der Waals surface area contributed by atoms with Gasteiger partial charge in [0, 0.05) is 0 Å². The first-order valence-corrected chi connectivity index (χ1v) is 11.2. The predicted molar refractivity (Wildman–Crippen MR) is 144 cm³/mol. The zero-order chi connectivity index (χ0) is 20.3. The third kappa shape index (κ3) is 98.0. The van der Waals surface area contributed by atoms with Crippen molar-refractivity contribution in [2.45, 2.75) is 161 Å². The molecule has 0 spiro atoms. The molecule has 28 heavy (non-hydrogen) atoms. The Hall–Kier alpha value is -0.520. The van der Waals surface area contributed by atoms with Crippen LogP contribution in [0.3, 0.4) is 0 Å². The molecule has 0 radical (unpaired) electrons. The maximum absolute atomic E-state index is 3.73. The van der Waals surface area contributed by atoms with Crippen molar-refractivity contribution >= 4 is 0 Å². The number of hydrogen-bond acceptors (Lipinski definition) is 0. The average molecular weight is 403 g/mol. The molecule has 0 bridgehead atoms. The van der Waals surface area contributed by atoms with Crippen molar-refractivity contribution < 1.29 is 0 Å². The second-order valence-electron chi connectivity index (χ2n) is 7.21. The van der Waals surface area contributed by atoms with Crippen LogP contribution in [-0.2, 0) is 0 Å². The van der Waals surface area contributed by atoms with E-state index >= 15 is 0 Å². The van der Waals surface area contributed by atoms with Crippen LogP contribution in [0, 0.1) is 0 Å². The Bertz CT molecular complexity index is 181. The molecule has 0 rings (SSSR count). The average Bonchev–Trinajstić information content (AvgIpc) is 2.56. The number of unbranched alkanes of at least 4 members (excludes halogenated alkanes) is 9. The Labute approximate surface area is 185 Å². The summed E-state index contributed by atoms with van der Waals surface area (Å²) in [5.74, 6) is 0. The molecular formula is C28H66. The van der Waals surface area contributed by atoms with Crippen molar-refractivity contribution in [3.8, 4) is 0 Å². The molecule has 0 aliphatic rings. The van der Waals surface area contributed by atoms with Crippen LogP contribution in [-0.4, -0.2) is 0 Å². The van der Waals surface area contributed by atoms with E-state index < -0.39 is 0 Å². The number of allylic oxidation sites excluding steroid dienone is 2. The predicted octanol–water partition coefficient (Wildman–Crippen LogP) is 12.2. The van der Waals surface area contributed by atoms with Crippen LogP contribution in [0.2, 0.25) is 0 Å². The van der Waals surface area contributed by atoms with Gasteiger partial charge in [0.25, 0.3) is 0 Å². The van der Waals surface area contributed by atoms with Crippen molar-refractivity contribution in [3.05, 3.63) is 24.3 Å². The van der Waals surface area contributed by atoms with E-state index in [1.807, 2.05) is 13.8 Å². The van der Waals surface area contributed by atoms with Gasteiger partial charge in [-0.05, 0) is 20.3 Å². The van der Waals surface area contributed by atoms with Crippen LogP contribution < -0.4 is 0 Å². The Morgan fingerprint density at radius 1 is 0.429 bits per heavy atom. The molecule has 0 heterocycles. The molecule has 0 aromatic rings. The highest BCUT2D eigenvalue weighted by molar-refractivity contribution is 5.03. The van der Waals surface area contributed by atoms with Crippen molar-refractivity contribution in [3.63, 3.8) is 0 Å². The van der Waals surface area contributed by atoms with E-state index in [4.69, 9.17) is 0 Å². The third-order valence-electron chi connectivity index (χ3n) is 3.47. The summed E-state index contributed by atoms with van der Waals surface area (Å²) in [6, 6.07) is 0. The molecule has 0 unspecified atom stereocenters. The highest BCUT2D eigenvalue weighted by Crippen LogP contribution is 2.03. The number of hydrogen-bond donors (Lipinski definition) is 0. The lowest BCUT2D eigenvalue weighted by molar-refractivity contribution is 0.702. The van der Waals surface area contributed by atoms with Gasteiger partial charge in [0.15, 0.2) is 0 Å². The van der Waals surface area contributed by atoms with Crippen LogP contribution >= 0.6 is 0 Å². The zero-order valence-electron chi connectivity index (χ0n) is 19.6. The maximum Gasteiger partial charge on any atom is -0.0119 e. The SMILES string of the molecule is C.C.C.C=C(C)CC(=C)C.CCCCCC.CCCCCC.CCCCCC. The second kappa shape index (κ2) is 50.3. The molecule has 0 N–H and O–H groups in total. The molecule has 0 aromatic carbocycles. The van der Waals surface area contributed by atoms with Crippen LogP contribution in [0.4, 0.5) is 0 Å². The Kier molecular flexibility index (Phi) is 82.6. The molecule has 0 aromatic heterocycles. The Balaban J connectivity index is -0.0000000406. The highest BCUT2D eigenvalue weighted by Gasteiger charge is 1.82. The fourth-order valence-electron chi connectivity index (χ4n) is 2.02. The van der Waals surface area contributed by atoms with E-state index in [2.05, 4.69) is 54.7 Å². The van der Waals surface area contributed by atoms with Gasteiger partial charge < -0.3 is 0 Å². The van der Waals surface area contributed by atoms with Crippen molar-refractivity contribution in [2.75, 3.05) is 0 Å². The molecule has 0 saturated heterocycles. The van der Waals surface area contributed by atoms with Crippen molar-refractivity contribution in [1.82, 2.24) is 0 Å². The lowest BCUT2D eigenvalue weighted by Gasteiger charge is -1.93. The molecule has 0 saturated carbocycles. The van der Waals surface area contributed by atoms with Crippen molar-refractivity contribution in [1.29, 1.82) is 0 Å². The summed E-state index contributed by atoms with van der Waals surface area (Å²) in [4.78, 5) is 0. The summed E-state index contributed by atoms with van der Waals surface area (Å²) >= 11 is 0. The van der Waals surface area contributed by atoms with E-state index in [1.54, 1.807) is 0 Å². The Morgan fingerprint density at radius 3 is 0.607 bits per heavy atom. The molecule has 0 atom stereocenters. The molecule has 0 fully saturated rings. The van der Waals surface area contributed by atoms with Gasteiger partial charge in [0.1, 0.15) is 0 Å². The summed E-state index contributed by atoms with van der Waals surface area (Å²) < 4.78 is 0. The number of rotatable bonds is 11. The molecule has 0 amide bonds. The molecule has 0 aliphatic carbocycles. The quantitative estimate of drug-likeness (QED) is 0.238. The van der Waals surface area contributed by atoms with E-state index in [0.29, 0.717) is 0 Å². The van der Waals surface area contributed by atoms with Crippen LogP contribution in [0.25, 0.3) is 0 Å². The Morgan fingerprint density at radius 2 is 0.571 bits per heavy atom. The molecule has 0 nitrogen and oxygen atoms in total. The van der Waals surface area contributed by atoms with Gasteiger partial charge >= 0.3 is 0 Å². The zero-order valence-corrected chi connectivity index (χ0v) is 19.6. The van der Waals surface area contributed by atoms with E-state index in [1.165, 1.54) is 88.2 Å². The largest absolute Gasteiger partial charge is 0.0998 e. The fourth-order valence-corrected chi connectivity index (χ4v) is 2.02. The van der Waals surface area contributed by atoms with Gasteiger partial charge in [-0.25, -0.2) is 0 Å². The minimum absolute atomic E-state index is 0. The van der Waals surface area contributed by atoms with E-state index in [9.17, 15) is 0 Å². The van der Waals surface area contributed by atoms with Gasteiger partial charge in [0.05, 0.1) is 0 Å². The van der Waals surface area contributed by atoms with Crippen LogP contribution in [0.1, 0.15) is 161 Å². The minimum atomic E-state index is 0. The summed E-state index contributed by atoms with van der Waals surface area (Å²) in [7, 11) is 0. The summed E-state index contributed by atoms with van der Waals surface area (Å²) in [6.45, 7) is 24.9. The smallest absolute Gasteiger partial charge is 0.0119 e. The van der Waals surface area contributed by atoms with Crippen LogP contribution in [0.15, 0.2) is 24.3 Å². The first kappa shape index (κ1) is 45.9. The summed E-state index contributed by atoms with van der Waals surface area (Å²) in [5, 5.41) is 0. The molecule has 0 aliphatic heterocycles. The van der Waals surface area contributed by atoms with Crippen molar-refractivity contribution in [2.24, 2.45) is 0 Å². The fraction of sp³-hybridized carbons (Fsp3) is 0.857. The van der Waals surface area contributed by atoms with Gasteiger partial charge in [-0.3, -0.25) is 0 Å². The van der Waals surface area contributed by atoms with Gasteiger partial charge in [-0.1, -0.05) is 165 Å². The topological polar surface area (TPSA) is 0 Å². The highest BCUT2D eigenvalue weighted by atomic mass is 13.9. The van der Waals surface area contributed by atoms with E-state index in [-0.39, 0.29) is 22.3 Å². The normalized spacial score (nSPS) is 7.86. The van der Waals surface area contributed by atoms with E-state index in [0.717, 1.165) is 6.42 Å². The second-order valence-corrected chi connectivity index (χ2v) is 7.21. The van der Waals surface area contributed by atoms with Gasteiger partial charge in [0.2, 0.25) is 0 Å². The first-order valence-electron chi connectivity index (χ1n) is 11.2. The first-order chi connectivity index (χ1) is 11.9. The molecular weight excluding hydrogens is 336 g/mol. The minimum Gasteiger partial charge on any atom is -0.0998 e. The standard InChI is InChI=1S/C7H12.3C6H14.3CH4/c1-6(2)5-7(3)4;3*1-3-5-6-4-2;;;/h1,3,5H2,2,4H3;3*3-6H2,1-2H3;3*1H4. The molecule has 178 valence electrons. The van der Waals surface area contributed by atoms with Gasteiger partial charge in [-0.15, -0.1) is 0 Å². The lowest BCUT2D eigenvalue weighted by atomic mass is 10.1. The summed E-state index contributed by atoms with van der Waals surface area (Å²) in [5.41, 5.74) is 2.38. The molecule has 0 heteroatoms. The third-order valence-corrected chi connectivity index (χ3v) is 3.47. The van der Waals surface area contributed by atoms with Gasteiger partial charge in [-0.2, -0.15) is 0 Å². The summed E-state index contributed by atoms with van der Waals surface area (Å²) in [6.07, 6.45) is 17.6. The maximum atomic E-state index is 3.73. The van der Waals surface area contributed by atoms with Crippen LogP contribution in [0.5, 0.6) is 0 Å². The monoisotopic (exact) mass is 403 g/mol. The lowest BCUT2D eigenvalue weighted by Crippen LogP contribution is -1.72.